The first-order valence-electron chi connectivity index (χ1n) is 8.51. The van der Waals surface area contributed by atoms with Crippen LogP contribution in [0, 0.1) is 0 Å². The molecule has 2 unspecified atom stereocenters. The van der Waals surface area contributed by atoms with Crippen molar-refractivity contribution in [2.75, 3.05) is 26.2 Å². The molecule has 2 atom stereocenters. The second kappa shape index (κ2) is 7.59. The van der Waals surface area contributed by atoms with Gasteiger partial charge in [0, 0.05) is 30.9 Å². The van der Waals surface area contributed by atoms with Crippen molar-refractivity contribution in [1.82, 2.24) is 25.7 Å². The van der Waals surface area contributed by atoms with Crippen molar-refractivity contribution in [1.29, 1.82) is 0 Å². The Kier molecular flexibility index (Phi) is 5.27. The van der Waals surface area contributed by atoms with Gasteiger partial charge in [-0.1, -0.05) is 0 Å². The summed E-state index contributed by atoms with van der Waals surface area (Å²) in [5.41, 5.74) is 1.14. The number of piperidine rings is 1. The predicted octanol–water partition coefficient (Wildman–Crippen LogP) is 0.374. The zero-order valence-electron chi connectivity index (χ0n) is 13.4. The first kappa shape index (κ1) is 16.0. The van der Waals surface area contributed by atoms with Crippen LogP contribution in [-0.2, 0) is 9.59 Å². The Labute approximate surface area is 136 Å². The van der Waals surface area contributed by atoms with Crippen LogP contribution in [-0.4, -0.2) is 59.1 Å². The number of aromatic amines is 1. The fourth-order valence-electron chi connectivity index (χ4n) is 3.47. The Bertz CT molecular complexity index is 531. The van der Waals surface area contributed by atoms with E-state index in [-0.39, 0.29) is 17.9 Å². The molecular weight excluding hydrogens is 294 g/mol. The normalized spacial score (nSPS) is 26.3. The van der Waals surface area contributed by atoms with E-state index >= 15 is 0 Å². The minimum absolute atomic E-state index is 0.0511. The van der Waals surface area contributed by atoms with Gasteiger partial charge in [-0.25, -0.2) is 0 Å². The van der Waals surface area contributed by atoms with Crippen molar-refractivity contribution in [2.24, 2.45) is 0 Å². The minimum atomic E-state index is -0.377. The summed E-state index contributed by atoms with van der Waals surface area (Å²) in [5, 5.41) is 12.8. The molecule has 0 aromatic carbocycles. The van der Waals surface area contributed by atoms with Gasteiger partial charge in [-0.3, -0.25) is 19.6 Å². The van der Waals surface area contributed by atoms with E-state index < -0.39 is 0 Å². The average Bonchev–Trinajstić information content (AvgIpc) is 3.01. The van der Waals surface area contributed by atoms with Crippen molar-refractivity contribution in [2.45, 2.75) is 44.1 Å². The first-order valence-corrected chi connectivity index (χ1v) is 8.51. The number of nitrogens with zero attached hydrogens (tertiary/aromatic N) is 2. The maximum Gasteiger partial charge on any atom is 0.242 e. The second-order valence-corrected chi connectivity index (χ2v) is 6.49. The smallest absolute Gasteiger partial charge is 0.242 e. The van der Waals surface area contributed by atoms with Crippen molar-refractivity contribution < 1.29 is 9.59 Å². The Morgan fingerprint density at radius 3 is 3.09 bits per heavy atom. The van der Waals surface area contributed by atoms with E-state index in [0.29, 0.717) is 19.0 Å². The topological polar surface area (TPSA) is 90.1 Å². The SMILES string of the molecule is O=C(CN1CCCC(c2ccn[nH]2)C1)NC1CCCCNC1=O. The van der Waals surface area contributed by atoms with Gasteiger partial charge in [-0.2, -0.15) is 5.10 Å². The fraction of sp³-hybridized carbons (Fsp3) is 0.688. The largest absolute Gasteiger partial charge is 0.354 e. The van der Waals surface area contributed by atoms with Crippen LogP contribution in [0.2, 0.25) is 0 Å². The minimum Gasteiger partial charge on any atom is -0.354 e. The van der Waals surface area contributed by atoms with Gasteiger partial charge < -0.3 is 10.6 Å². The summed E-state index contributed by atoms with van der Waals surface area (Å²) in [6.45, 7) is 2.85. The molecule has 3 rings (SSSR count). The van der Waals surface area contributed by atoms with Crippen LogP contribution in [0.4, 0.5) is 0 Å². The van der Waals surface area contributed by atoms with E-state index in [1.807, 2.05) is 6.07 Å². The number of carbonyl (C=O) groups excluding carboxylic acids is 2. The van der Waals surface area contributed by atoms with Crippen LogP contribution in [0.5, 0.6) is 0 Å². The third kappa shape index (κ3) is 4.31. The lowest BCUT2D eigenvalue weighted by Gasteiger charge is -2.32. The molecule has 0 aliphatic carbocycles. The molecule has 1 aromatic heterocycles. The molecule has 3 heterocycles. The van der Waals surface area contributed by atoms with Crippen molar-refractivity contribution >= 4 is 11.8 Å². The maximum atomic E-state index is 12.3. The van der Waals surface area contributed by atoms with Gasteiger partial charge in [0.2, 0.25) is 11.8 Å². The number of amides is 2. The number of carbonyl (C=O) groups is 2. The van der Waals surface area contributed by atoms with Gasteiger partial charge in [0.05, 0.1) is 6.54 Å². The number of H-pyrrole nitrogens is 1. The zero-order valence-corrected chi connectivity index (χ0v) is 13.4. The molecular formula is C16H25N5O2. The van der Waals surface area contributed by atoms with Crippen LogP contribution >= 0.6 is 0 Å². The third-order valence-corrected chi connectivity index (χ3v) is 4.71. The highest BCUT2D eigenvalue weighted by Gasteiger charge is 2.26. The molecule has 0 spiro atoms. The lowest BCUT2D eigenvalue weighted by Crippen LogP contribution is -2.49. The molecule has 2 amide bonds. The Hall–Kier alpha value is -1.89. The number of likely N-dealkylation sites (tertiary alicyclic amines) is 1. The fourth-order valence-corrected chi connectivity index (χ4v) is 3.47. The summed E-state index contributed by atoms with van der Waals surface area (Å²) in [5.74, 6) is 0.294. The number of aromatic nitrogens is 2. The lowest BCUT2D eigenvalue weighted by molar-refractivity contribution is -0.129. The number of nitrogens with one attached hydrogen (secondary N) is 3. The second-order valence-electron chi connectivity index (χ2n) is 6.49. The van der Waals surface area contributed by atoms with Crippen molar-refractivity contribution in [3.8, 4) is 0 Å². The molecule has 7 nitrogen and oxygen atoms in total. The van der Waals surface area contributed by atoms with Gasteiger partial charge in [0.1, 0.15) is 6.04 Å². The molecule has 2 fully saturated rings. The monoisotopic (exact) mass is 319 g/mol. The molecule has 126 valence electrons. The van der Waals surface area contributed by atoms with Gasteiger partial charge in [0.25, 0.3) is 0 Å². The summed E-state index contributed by atoms with van der Waals surface area (Å²) in [6.07, 6.45) is 6.64. The Balaban J connectivity index is 1.50. The van der Waals surface area contributed by atoms with E-state index in [2.05, 4.69) is 25.7 Å². The Morgan fingerprint density at radius 1 is 1.35 bits per heavy atom. The molecule has 2 saturated heterocycles. The number of hydrogen-bond acceptors (Lipinski definition) is 4. The highest BCUT2D eigenvalue weighted by Crippen LogP contribution is 2.24. The van der Waals surface area contributed by atoms with Gasteiger partial charge >= 0.3 is 0 Å². The van der Waals surface area contributed by atoms with Gasteiger partial charge in [0.15, 0.2) is 0 Å². The standard InChI is InChI=1S/C16H25N5O2/c22-15(19-14-5-1-2-7-17-16(14)23)11-21-9-3-4-12(10-21)13-6-8-18-20-13/h6,8,12,14H,1-5,7,9-11H2,(H,17,23)(H,18,20)(H,19,22). The van der Waals surface area contributed by atoms with E-state index in [0.717, 1.165) is 50.9 Å². The molecule has 1 aromatic rings. The molecule has 7 heteroatoms. The Morgan fingerprint density at radius 2 is 2.26 bits per heavy atom. The molecule has 23 heavy (non-hydrogen) atoms. The van der Waals surface area contributed by atoms with Crippen LogP contribution < -0.4 is 10.6 Å². The third-order valence-electron chi connectivity index (χ3n) is 4.71. The van der Waals surface area contributed by atoms with E-state index in [1.165, 1.54) is 0 Å². The molecule has 0 radical (unpaired) electrons. The molecule has 0 saturated carbocycles. The summed E-state index contributed by atoms with van der Waals surface area (Å²) >= 11 is 0. The highest BCUT2D eigenvalue weighted by molar-refractivity contribution is 5.88. The first-order chi connectivity index (χ1) is 11.2. The summed E-state index contributed by atoms with van der Waals surface area (Å²) in [6, 6.07) is 1.63. The van der Waals surface area contributed by atoms with Crippen LogP contribution in [0.25, 0.3) is 0 Å². The number of rotatable bonds is 4. The molecule has 0 bridgehead atoms. The van der Waals surface area contributed by atoms with Crippen molar-refractivity contribution in [3.63, 3.8) is 0 Å². The summed E-state index contributed by atoms with van der Waals surface area (Å²) in [7, 11) is 0. The van der Waals surface area contributed by atoms with Crippen LogP contribution in [0.1, 0.15) is 43.7 Å². The molecule has 3 N–H and O–H groups in total. The maximum absolute atomic E-state index is 12.3. The average molecular weight is 319 g/mol. The van der Waals surface area contributed by atoms with Crippen LogP contribution in [0.15, 0.2) is 12.3 Å². The summed E-state index contributed by atoms with van der Waals surface area (Å²) < 4.78 is 0. The van der Waals surface area contributed by atoms with Gasteiger partial charge in [-0.15, -0.1) is 0 Å². The predicted molar refractivity (Wildman–Crippen MR) is 85.8 cm³/mol. The lowest BCUT2D eigenvalue weighted by atomic mass is 9.95. The van der Waals surface area contributed by atoms with E-state index in [1.54, 1.807) is 6.20 Å². The summed E-state index contributed by atoms with van der Waals surface area (Å²) in [4.78, 5) is 26.3. The van der Waals surface area contributed by atoms with Crippen LogP contribution in [0.3, 0.4) is 0 Å². The molecule has 2 aliphatic heterocycles. The highest BCUT2D eigenvalue weighted by atomic mass is 16.2. The van der Waals surface area contributed by atoms with Crippen molar-refractivity contribution in [3.05, 3.63) is 18.0 Å². The zero-order chi connectivity index (χ0) is 16.1. The van der Waals surface area contributed by atoms with E-state index in [9.17, 15) is 9.59 Å². The number of hydrogen-bond donors (Lipinski definition) is 3. The molecule has 2 aliphatic rings. The van der Waals surface area contributed by atoms with Gasteiger partial charge in [-0.05, 0) is 44.7 Å². The quantitative estimate of drug-likeness (QED) is 0.748. The van der Waals surface area contributed by atoms with E-state index in [4.69, 9.17) is 0 Å².